The first kappa shape index (κ1) is 13.7. The lowest BCUT2D eigenvalue weighted by atomic mass is 9.97. The van der Waals surface area contributed by atoms with E-state index >= 15 is 0 Å². The van der Waals surface area contributed by atoms with Crippen molar-refractivity contribution in [1.29, 1.82) is 0 Å². The second-order valence-electron chi connectivity index (χ2n) is 5.49. The molecule has 0 saturated carbocycles. The zero-order valence-electron chi connectivity index (χ0n) is 11.6. The highest BCUT2D eigenvalue weighted by Crippen LogP contribution is 2.31. The Kier molecular flexibility index (Phi) is 4.52. The third-order valence-electron chi connectivity index (χ3n) is 3.77. The van der Waals surface area contributed by atoms with E-state index in [1.807, 2.05) is 0 Å². The molecular formula is C15H23ClN2. The Hall–Kier alpha value is -0.730. The number of hydrogen-bond donors (Lipinski definition) is 1. The minimum Gasteiger partial charge on any atom is -0.373 e. The number of aryl methyl sites for hydroxylation is 2. The van der Waals surface area contributed by atoms with Crippen LogP contribution in [0, 0.1) is 19.8 Å². The van der Waals surface area contributed by atoms with Gasteiger partial charge in [-0.1, -0.05) is 17.7 Å². The van der Waals surface area contributed by atoms with Gasteiger partial charge in [-0.3, -0.25) is 0 Å². The summed E-state index contributed by atoms with van der Waals surface area (Å²) in [7, 11) is 2.16. The normalized spacial score (nSPS) is 16.9. The van der Waals surface area contributed by atoms with Crippen LogP contribution in [0.15, 0.2) is 12.1 Å². The highest BCUT2D eigenvalue weighted by atomic mass is 35.5. The van der Waals surface area contributed by atoms with Gasteiger partial charge in [-0.25, -0.2) is 0 Å². The summed E-state index contributed by atoms with van der Waals surface area (Å²) in [4.78, 5) is 2.33. The van der Waals surface area contributed by atoms with Gasteiger partial charge in [-0.2, -0.15) is 0 Å². The molecular weight excluding hydrogens is 244 g/mol. The van der Waals surface area contributed by atoms with Crippen molar-refractivity contribution in [1.82, 2.24) is 5.32 Å². The lowest BCUT2D eigenvalue weighted by Gasteiger charge is -2.30. The summed E-state index contributed by atoms with van der Waals surface area (Å²) in [6, 6.07) is 4.27. The van der Waals surface area contributed by atoms with Gasteiger partial charge < -0.3 is 10.2 Å². The van der Waals surface area contributed by atoms with Crippen molar-refractivity contribution in [2.45, 2.75) is 26.7 Å². The Morgan fingerprint density at radius 2 is 1.94 bits per heavy atom. The predicted molar refractivity (Wildman–Crippen MR) is 79.8 cm³/mol. The quantitative estimate of drug-likeness (QED) is 0.902. The van der Waals surface area contributed by atoms with Crippen LogP contribution in [-0.4, -0.2) is 26.7 Å². The van der Waals surface area contributed by atoms with Gasteiger partial charge in [0.25, 0.3) is 0 Å². The van der Waals surface area contributed by atoms with Crippen molar-refractivity contribution in [2.24, 2.45) is 5.92 Å². The summed E-state index contributed by atoms with van der Waals surface area (Å²) in [5.74, 6) is 0.785. The first-order valence-corrected chi connectivity index (χ1v) is 7.14. The van der Waals surface area contributed by atoms with Gasteiger partial charge in [0.05, 0.1) is 10.7 Å². The van der Waals surface area contributed by atoms with Crippen LogP contribution in [0.4, 0.5) is 5.69 Å². The molecule has 1 aromatic carbocycles. The molecule has 1 heterocycles. The first-order valence-electron chi connectivity index (χ1n) is 6.76. The molecule has 100 valence electrons. The van der Waals surface area contributed by atoms with Crippen molar-refractivity contribution in [3.8, 4) is 0 Å². The van der Waals surface area contributed by atoms with Crippen LogP contribution in [-0.2, 0) is 0 Å². The number of piperidine rings is 1. The number of anilines is 1. The van der Waals surface area contributed by atoms with Gasteiger partial charge >= 0.3 is 0 Å². The molecule has 18 heavy (non-hydrogen) atoms. The molecule has 1 N–H and O–H groups in total. The lowest BCUT2D eigenvalue weighted by Crippen LogP contribution is -2.34. The van der Waals surface area contributed by atoms with Gasteiger partial charge in [0, 0.05) is 13.6 Å². The van der Waals surface area contributed by atoms with E-state index in [0.717, 1.165) is 30.6 Å². The topological polar surface area (TPSA) is 15.3 Å². The molecule has 0 unspecified atom stereocenters. The van der Waals surface area contributed by atoms with Crippen molar-refractivity contribution >= 4 is 17.3 Å². The minimum atomic E-state index is 0.785. The molecule has 0 bridgehead atoms. The SMILES string of the molecule is Cc1cc(C)c(N(C)CC2CCNCC2)c(Cl)c1. The largest absolute Gasteiger partial charge is 0.373 e. The summed E-state index contributed by atoms with van der Waals surface area (Å²) < 4.78 is 0. The Labute approximate surface area is 115 Å². The lowest BCUT2D eigenvalue weighted by molar-refractivity contribution is 0.378. The molecule has 2 nitrogen and oxygen atoms in total. The van der Waals surface area contributed by atoms with Crippen LogP contribution in [0.2, 0.25) is 5.02 Å². The molecule has 0 aromatic heterocycles. The van der Waals surface area contributed by atoms with Crippen LogP contribution in [0.3, 0.4) is 0 Å². The molecule has 1 aliphatic rings. The third kappa shape index (κ3) is 3.18. The number of halogens is 1. The molecule has 0 radical (unpaired) electrons. The standard InChI is InChI=1S/C15H23ClN2/c1-11-8-12(2)15(14(16)9-11)18(3)10-13-4-6-17-7-5-13/h8-9,13,17H,4-7,10H2,1-3H3. The van der Waals surface area contributed by atoms with E-state index in [1.165, 1.54) is 29.7 Å². The fourth-order valence-electron chi connectivity index (χ4n) is 2.93. The van der Waals surface area contributed by atoms with Crippen LogP contribution in [0.5, 0.6) is 0 Å². The first-order chi connectivity index (χ1) is 8.58. The second-order valence-corrected chi connectivity index (χ2v) is 5.89. The van der Waals surface area contributed by atoms with E-state index < -0.39 is 0 Å². The average molecular weight is 267 g/mol. The van der Waals surface area contributed by atoms with Crippen molar-refractivity contribution in [2.75, 3.05) is 31.6 Å². The van der Waals surface area contributed by atoms with Gasteiger partial charge in [0.2, 0.25) is 0 Å². The van der Waals surface area contributed by atoms with Crippen molar-refractivity contribution in [3.05, 3.63) is 28.3 Å². The molecule has 1 aromatic rings. The number of hydrogen-bond acceptors (Lipinski definition) is 2. The second kappa shape index (κ2) is 5.94. The van der Waals surface area contributed by atoms with E-state index in [-0.39, 0.29) is 0 Å². The number of rotatable bonds is 3. The van der Waals surface area contributed by atoms with Gasteiger partial charge in [-0.05, 0) is 62.9 Å². The smallest absolute Gasteiger partial charge is 0.0644 e. The Morgan fingerprint density at radius 3 is 2.56 bits per heavy atom. The van der Waals surface area contributed by atoms with E-state index in [0.29, 0.717) is 0 Å². The summed E-state index contributed by atoms with van der Waals surface area (Å²) in [5, 5.41) is 4.29. The summed E-state index contributed by atoms with van der Waals surface area (Å²) in [6.07, 6.45) is 2.54. The number of nitrogens with one attached hydrogen (secondary N) is 1. The van der Waals surface area contributed by atoms with Crippen LogP contribution < -0.4 is 10.2 Å². The highest BCUT2D eigenvalue weighted by molar-refractivity contribution is 6.33. The maximum Gasteiger partial charge on any atom is 0.0644 e. The summed E-state index contributed by atoms with van der Waals surface area (Å²) in [5.41, 5.74) is 3.70. The third-order valence-corrected chi connectivity index (χ3v) is 4.06. The van der Waals surface area contributed by atoms with Crippen LogP contribution >= 0.6 is 11.6 Å². The molecule has 2 rings (SSSR count). The van der Waals surface area contributed by atoms with Crippen LogP contribution in [0.1, 0.15) is 24.0 Å². The molecule has 0 spiro atoms. The Balaban J connectivity index is 2.10. The Bertz CT molecular complexity index is 388. The fourth-order valence-corrected chi connectivity index (χ4v) is 3.40. The summed E-state index contributed by atoms with van der Waals surface area (Å²) in [6.45, 7) is 7.64. The molecule has 0 atom stereocenters. The molecule has 0 amide bonds. The zero-order chi connectivity index (χ0) is 13.1. The summed E-state index contributed by atoms with van der Waals surface area (Å²) >= 11 is 6.39. The maximum atomic E-state index is 6.39. The number of nitrogens with zero attached hydrogens (tertiary/aromatic N) is 1. The van der Waals surface area contributed by atoms with Crippen molar-refractivity contribution < 1.29 is 0 Å². The minimum absolute atomic E-state index is 0.785. The monoisotopic (exact) mass is 266 g/mol. The van der Waals surface area contributed by atoms with Crippen LogP contribution in [0.25, 0.3) is 0 Å². The average Bonchev–Trinajstić information content (AvgIpc) is 2.28. The predicted octanol–water partition coefficient (Wildman–Crippen LogP) is 3.39. The zero-order valence-corrected chi connectivity index (χ0v) is 12.3. The Morgan fingerprint density at radius 1 is 1.28 bits per heavy atom. The van der Waals surface area contributed by atoms with E-state index in [2.05, 4.69) is 43.2 Å². The van der Waals surface area contributed by atoms with E-state index in [9.17, 15) is 0 Å². The molecule has 3 heteroatoms. The fraction of sp³-hybridized carbons (Fsp3) is 0.600. The molecule has 1 fully saturated rings. The van der Waals surface area contributed by atoms with E-state index in [4.69, 9.17) is 11.6 Å². The van der Waals surface area contributed by atoms with Gasteiger partial charge in [0.1, 0.15) is 0 Å². The maximum absolute atomic E-state index is 6.39. The highest BCUT2D eigenvalue weighted by Gasteiger charge is 2.17. The molecule has 1 aliphatic heterocycles. The van der Waals surface area contributed by atoms with Gasteiger partial charge in [0.15, 0.2) is 0 Å². The molecule has 0 aliphatic carbocycles. The van der Waals surface area contributed by atoms with Gasteiger partial charge in [-0.15, -0.1) is 0 Å². The van der Waals surface area contributed by atoms with E-state index in [1.54, 1.807) is 0 Å². The molecule has 1 saturated heterocycles. The van der Waals surface area contributed by atoms with Crippen molar-refractivity contribution in [3.63, 3.8) is 0 Å². The number of benzene rings is 1.